The second-order valence-electron chi connectivity index (χ2n) is 12.4. The van der Waals surface area contributed by atoms with E-state index in [-0.39, 0.29) is 41.6 Å². The van der Waals surface area contributed by atoms with E-state index in [0.717, 1.165) is 11.1 Å². The maximum atomic E-state index is 14.3. The minimum absolute atomic E-state index is 0.102. The van der Waals surface area contributed by atoms with Crippen molar-refractivity contribution in [2.45, 2.75) is 97.4 Å². The first-order valence-corrected chi connectivity index (χ1v) is 14.9. The number of fused-ring (bicyclic) bond motifs is 2. The van der Waals surface area contributed by atoms with Crippen LogP contribution < -0.4 is 16.4 Å². The molecule has 41 heavy (non-hydrogen) atoms. The van der Waals surface area contributed by atoms with Gasteiger partial charge >= 0.3 is 6.09 Å². The van der Waals surface area contributed by atoms with Crippen molar-refractivity contribution < 1.29 is 28.7 Å². The van der Waals surface area contributed by atoms with Gasteiger partial charge in [-0.25, -0.2) is 4.79 Å². The molecule has 2 aliphatic carbocycles. The van der Waals surface area contributed by atoms with E-state index in [2.05, 4.69) is 24.5 Å². The van der Waals surface area contributed by atoms with Crippen LogP contribution in [0, 0.1) is 23.2 Å². The molecule has 2 fully saturated rings. The van der Waals surface area contributed by atoms with Gasteiger partial charge in [-0.05, 0) is 66.4 Å². The van der Waals surface area contributed by atoms with Gasteiger partial charge in [-0.2, -0.15) is 0 Å². The molecule has 1 saturated carbocycles. The SMILES string of the molecule is CCCC(NC(=O)[C@@H]1[C@H]2[C@@H](CN1C(=O)[C@@H](NC(=O)OC(CC)CC)C1Cc3ccccc3C1)C2(C)C)C(=O)C(N)=O. The van der Waals surface area contributed by atoms with Crippen molar-refractivity contribution in [3.63, 3.8) is 0 Å². The van der Waals surface area contributed by atoms with E-state index in [1.54, 1.807) is 4.90 Å². The van der Waals surface area contributed by atoms with Gasteiger partial charge < -0.3 is 26.0 Å². The van der Waals surface area contributed by atoms with Crippen LogP contribution in [0.15, 0.2) is 24.3 Å². The Hall–Kier alpha value is -3.43. The van der Waals surface area contributed by atoms with Crippen LogP contribution in [0.25, 0.3) is 0 Å². The van der Waals surface area contributed by atoms with Gasteiger partial charge in [0, 0.05) is 6.54 Å². The number of hydrogen-bond acceptors (Lipinski definition) is 6. The molecule has 1 heterocycles. The van der Waals surface area contributed by atoms with Crippen molar-refractivity contribution in [1.29, 1.82) is 0 Å². The van der Waals surface area contributed by atoms with Crippen LogP contribution in [-0.2, 0) is 36.8 Å². The summed E-state index contributed by atoms with van der Waals surface area (Å²) in [6.45, 7) is 10.2. The number of carbonyl (C=O) groups is 5. The summed E-state index contributed by atoms with van der Waals surface area (Å²) < 4.78 is 5.61. The normalized spacial score (nSPS) is 23.8. The molecule has 0 spiro atoms. The molecule has 1 unspecified atom stereocenters. The number of ether oxygens (including phenoxy) is 1. The summed E-state index contributed by atoms with van der Waals surface area (Å²) in [6.07, 6.45) is 2.47. The Bertz CT molecular complexity index is 1170. The number of nitrogens with zero attached hydrogens (tertiary/aromatic N) is 1. The van der Waals surface area contributed by atoms with Crippen LogP contribution in [0.3, 0.4) is 0 Å². The summed E-state index contributed by atoms with van der Waals surface area (Å²) in [4.78, 5) is 66.7. The van der Waals surface area contributed by atoms with Crippen molar-refractivity contribution in [1.82, 2.24) is 15.5 Å². The van der Waals surface area contributed by atoms with Crippen molar-refractivity contribution >= 4 is 29.6 Å². The molecule has 10 nitrogen and oxygen atoms in total. The number of nitrogens with two attached hydrogens (primary N) is 1. The molecule has 0 aromatic heterocycles. The number of hydrogen-bond donors (Lipinski definition) is 3. The highest BCUT2D eigenvalue weighted by Crippen LogP contribution is 2.65. The summed E-state index contributed by atoms with van der Waals surface area (Å²) in [5.41, 5.74) is 7.35. The zero-order valence-electron chi connectivity index (χ0n) is 24.8. The molecule has 4 amide bonds. The molecule has 4 rings (SSSR count). The van der Waals surface area contributed by atoms with E-state index >= 15 is 0 Å². The number of nitrogens with one attached hydrogen (secondary N) is 2. The second-order valence-corrected chi connectivity index (χ2v) is 12.4. The number of carbonyl (C=O) groups excluding carboxylic acids is 5. The zero-order valence-corrected chi connectivity index (χ0v) is 24.8. The third-order valence-electron chi connectivity index (χ3n) is 9.49. The van der Waals surface area contributed by atoms with Gasteiger partial charge in [-0.1, -0.05) is 65.3 Å². The van der Waals surface area contributed by atoms with Crippen LogP contribution in [0.1, 0.15) is 71.4 Å². The Balaban J connectivity index is 1.60. The summed E-state index contributed by atoms with van der Waals surface area (Å²) in [5.74, 6) is -2.96. The summed E-state index contributed by atoms with van der Waals surface area (Å²) in [6, 6.07) is 5.23. The fraction of sp³-hybridized carbons (Fsp3) is 0.645. The first-order valence-electron chi connectivity index (χ1n) is 14.9. The Kier molecular flexibility index (Phi) is 9.09. The molecule has 1 aliphatic heterocycles. The predicted octanol–water partition coefficient (Wildman–Crippen LogP) is 2.51. The van der Waals surface area contributed by atoms with Gasteiger partial charge in [0.05, 0.1) is 6.04 Å². The Morgan fingerprint density at radius 2 is 1.63 bits per heavy atom. The van der Waals surface area contributed by atoms with E-state index in [4.69, 9.17) is 10.5 Å². The lowest BCUT2D eigenvalue weighted by atomic mass is 9.93. The quantitative estimate of drug-likeness (QED) is 0.330. The molecule has 224 valence electrons. The topological polar surface area (TPSA) is 148 Å². The highest BCUT2D eigenvalue weighted by atomic mass is 16.6. The first-order chi connectivity index (χ1) is 19.4. The van der Waals surface area contributed by atoms with Gasteiger partial charge in [0.15, 0.2) is 0 Å². The number of likely N-dealkylation sites (tertiary alicyclic amines) is 1. The number of alkyl carbamates (subject to hydrolysis) is 1. The Morgan fingerprint density at radius 1 is 1.02 bits per heavy atom. The lowest BCUT2D eigenvalue weighted by Gasteiger charge is -2.35. The molecule has 5 atom stereocenters. The van der Waals surface area contributed by atoms with E-state index < -0.39 is 41.8 Å². The van der Waals surface area contributed by atoms with Gasteiger partial charge in [-0.3, -0.25) is 19.2 Å². The largest absolute Gasteiger partial charge is 0.446 e. The molecule has 10 heteroatoms. The average molecular weight is 569 g/mol. The first kappa shape index (κ1) is 30.5. The highest BCUT2D eigenvalue weighted by molar-refractivity contribution is 6.37. The van der Waals surface area contributed by atoms with Crippen molar-refractivity contribution in [3.05, 3.63) is 35.4 Å². The molecular weight excluding hydrogens is 524 g/mol. The van der Waals surface area contributed by atoms with Gasteiger partial charge in [0.1, 0.15) is 18.2 Å². The van der Waals surface area contributed by atoms with Crippen LogP contribution in [0.5, 0.6) is 0 Å². The van der Waals surface area contributed by atoms with Gasteiger partial charge in [0.25, 0.3) is 5.91 Å². The fourth-order valence-electron chi connectivity index (χ4n) is 6.96. The molecular formula is C31H44N4O6. The number of primary amides is 1. The Labute approximate surface area is 242 Å². The van der Waals surface area contributed by atoms with Crippen LogP contribution in [0.2, 0.25) is 0 Å². The number of amides is 4. The smallest absolute Gasteiger partial charge is 0.408 e. The third-order valence-corrected chi connectivity index (χ3v) is 9.49. The van der Waals surface area contributed by atoms with Crippen LogP contribution >= 0.6 is 0 Å². The summed E-state index contributed by atoms with van der Waals surface area (Å²) in [5, 5.41) is 5.60. The Morgan fingerprint density at radius 3 is 2.17 bits per heavy atom. The molecule has 3 aliphatic rings. The minimum Gasteiger partial charge on any atom is -0.446 e. The number of piperidine rings is 1. The highest BCUT2D eigenvalue weighted by Gasteiger charge is 2.69. The van der Waals surface area contributed by atoms with Crippen LogP contribution in [-0.4, -0.2) is 65.3 Å². The van der Waals surface area contributed by atoms with Crippen molar-refractivity contribution in [2.24, 2.45) is 28.9 Å². The van der Waals surface area contributed by atoms with E-state index in [9.17, 15) is 24.0 Å². The minimum atomic E-state index is -1.10. The summed E-state index contributed by atoms with van der Waals surface area (Å²) >= 11 is 0. The maximum absolute atomic E-state index is 14.3. The van der Waals surface area contributed by atoms with E-state index in [1.165, 1.54) is 0 Å². The number of Topliss-reactive ketones (excluding diaryl/α,β-unsaturated/α-hetero) is 1. The second kappa shape index (κ2) is 12.2. The van der Waals surface area contributed by atoms with Gasteiger partial charge in [0.2, 0.25) is 17.6 Å². The van der Waals surface area contributed by atoms with E-state index in [1.807, 2.05) is 45.0 Å². The third kappa shape index (κ3) is 6.11. The number of rotatable bonds is 12. The molecule has 1 aromatic carbocycles. The molecule has 1 saturated heterocycles. The molecule has 0 radical (unpaired) electrons. The number of benzene rings is 1. The van der Waals surface area contributed by atoms with E-state index in [0.29, 0.717) is 38.6 Å². The molecule has 1 aromatic rings. The van der Waals surface area contributed by atoms with Crippen molar-refractivity contribution in [3.8, 4) is 0 Å². The monoisotopic (exact) mass is 568 g/mol. The average Bonchev–Trinajstić information content (AvgIpc) is 3.31. The maximum Gasteiger partial charge on any atom is 0.408 e. The predicted molar refractivity (Wildman–Crippen MR) is 152 cm³/mol. The standard InChI is InChI=1S/C31H44N4O6/c1-6-11-22(26(36)27(32)37)33-28(38)25-23-21(31(23,4)5)16-35(25)29(39)24(34-30(40)41-20(7-2)8-3)19-14-17-12-9-10-13-18(17)15-19/h9-10,12-13,19-25H,6-8,11,14-16H2,1-5H3,(H2,32,37)(H,33,38)(H,34,40)/t21-,22?,23-,24+,25+/m1/s1. The lowest BCUT2D eigenvalue weighted by Crippen LogP contribution is -2.59. The van der Waals surface area contributed by atoms with Crippen LogP contribution in [0.4, 0.5) is 4.79 Å². The molecule has 4 N–H and O–H groups in total. The zero-order chi connectivity index (χ0) is 30.1. The van der Waals surface area contributed by atoms with Crippen molar-refractivity contribution in [2.75, 3.05) is 6.54 Å². The van der Waals surface area contributed by atoms with Gasteiger partial charge in [-0.15, -0.1) is 0 Å². The summed E-state index contributed by atoms with van der Waals surface area (Å²) in [7, 11) is 0. The number of ketones is 1. The fourth-order valence-corrected chi connectivity index (χ4v) is 6.96. The molecule has 0 bridgehead atoms. The lowest BCUT2D eigenvalue weighted by molar-refractivity contribution is -0.144.